The number of nitrogens with one attached hydrogen (secondary N) is 1. The molecule has 0 aromatic heterocycles. The summed E-state index contributed by atoms with van der Waals surface area (Å²) >= 11 is 0. The Hall–Kier alpha value is -1.02. The van der Waals surface area contributed by atoms with E-state index in [2.05, 4.69) is 23.5 Å². The van der Waals surface area contributed by atoms with Gasteiger partial charge in [0.1, 0.15) is 0 Å². The molecule has 1 aromatic rings. The lowest BCUT2D eigenvalue weighted by molar-refractivity contribution is 0.195. The molecular weight excluding hydrogens is 186 g/mol. The summed E-state index contributed by atoms with van der Waals surface area (Å²) in [7, 11) is 0. The van der Waals surface area contributed by atoms with E-state index in [0.29, 0.717) is 0 Å². The summed E-state index contributed by atoms with van der Waals surface area (Å²) in [6, 6.07) is 6.36. The molecule has 0 amide bonds. The molecule has 0 fully saturated rings. The van der Waals surface area contributed by atoms with E-state index in [4.69, 9.17) is 0 Å². The number of fused-ring (bicyclic) bond motifs is 1. The highest BCUT2D eigenvalue weighted by Gasteiger charge is 2.12. The van der Waals surface area contributed by atoms with E-state index in [-0.39, 0.29) is 6.10 Å². The Bertz CT molecular complexity index is 333. The molecule has 0 saturated heterocycles. The third-order valence-electron chi connectivity index (χ3n) is 2.96. The van der Waals surface area contributed by atoms with Crippen molar-refractivity contribution in [3.63, 3.8) is 0 Å². The Labute approximate surface area is 91.3 Å². The van der Waals surface area contributed by atoms with Crippen LogP contribution in [-0.2, 0) is 12.8 Å². The molecule has 0 bridgehead atoms. The van der Waals surface area contributed by atoms with E-state index in [1.54, 1.807) is 0 Å². The molecule has 1 aliphatic heterocycles. The molecule has 2 rings (SSSR count). The van der Waals surface area contributed by atoms with Crippen LogP contribution in [0.5, 0.6) is 0 Å². The lowest BCUT2D eigenvalue weighted by Crippen LogP contribution is -2.08. The van der Waals surface area contributed by atoms with Gasteiger partial charge >= 0.3 is 0 Å². The maximum atomic E-state index is 9.46. The van der Waals surface area contributed by atoms with Gasteiger partial charge in [0.15, 0.2) is 0 Å². The number of rotatable bonds is 2. The average Bonchev–Trinajstić information content (AvgIpc) is 2.42. The Morgan fingerprint density at radius 3 is 3.07 bits per heavy atom. The summed E-state index contributed by atoms with van der Waals surface area (Å²) in [5, 5.41) is 12.9. The molecule has 0 aliphatic carbocycles. The van der Waals surface area contributed by atoms with Gasteiger partial charge in [0.2, 0.25) is 0 Å². The van der Waals surface area contributed by atoms with Crippen molar-refractivity contribution in [2.75, 3.05) is 11.9 Å². The largest absolute Gasteiger partial charge is 0.393 e. The highest BCUT2D eigenvalue weighted by Crippen LogP contribution is 2.25. The standard InChI is InChI=1S/C13H19NO/c1-10(15)9-11-5-4-7-13-12(11)6-2-3-8-14-13/h4-5,7,10,14-15H,2-3,6,8-9H2,1H3. The van der Waals surface area contributed by atoms with Crippen LogP contribution in [0, 0.1) is 0 Å². The molecule has 2 nitrogen and oxygen atoms in total. The van der Waals surface area contributed by atoms with Gasteiger partial charge in [-0.2, -0.15) is 0 Å². The van der Waals surface area contributed by atoms with Gasteiger partial charge in [0.25, 0.3) is 0 Å². The van der Waals surface area contributed by atoms with Crippen molar-refractivity contribution in [3.8, 4) is 0 Å². The number of aliphatic hydroxyl groups excluding tert-OH is 1. The summed E-state index contributed by atoms with van der Waals surface area (Å²) < 4.78 is 0. The minimum atomic E-state index is -0.250. The van der Waals surface area contributed by atoms with Gasteiger partial charge in [-0.05, 0) is 49.8 Å². The maximum absolute atomic E-state index is 9.46. The molecule has 1 aromatic carbocycles. The molecule has 0 spiro atoms. The highest BCUT2D eigenvalue weighted by molar-refractivity contribution is 5.55. The van der Waals surface area contributed by atoms with Crippen molar-refractivity contribution in [1.82, 2.24) is 0 Å². The van der Waals surface area contributed by atoms with E-state index in [0.717, 1.165) is 19.4 Å². The first-order valence-corrected chi connectivity index (χ1v) is 5.80. The second kappa shape index (κ2) is 4.67. The molecule has 0 radical (unpaired) electrons. The second-order valence-electron chi connectivity index (χ2n) is 4.38. The first-order chi connectivity index (χ1) is 7.27. The van der Waals surface area contributed by atoms with Crippen LogP contribution in [0.25, 0.3) is 0 Å². The van der Waals surface area contributed by atoms with Crippen molar-refractivity contribution in [3.05, 3.63) is 29.3 Å². The van der Waals surface area contributed by atoms with Gasteiger partial charge in [-0.1, -0.05) is 12.1 Å². The van der Waals surface area contributed by atoms with Crippen LogP contribution in [0.2, 0.25) is 0 Å². The molecule has 82 valence electrons. The summed E-state index contributed by atoms with van der Waals surface area (Å²) in [6.07, 6.45) is 4.15. The lowest BCUT2D eigenvalue weighted by Gasteiger charge is -2.14. The number of anilines is 1. The summed E-state index contributed by atoms with van der Waals surface area (Å²) in [5.74, 6) is 0. The van der Waals surface area contributed by atoms with Gasteiger partial charge < -0.3 is 10.4 Å². The van der Waals surface area contributed by atoms with E-state index in [9.17, 15) is 5.11 Å². The lowest BCUT2D eigenvalue weighted by atomic mass is 9.97. The van der Waals surface area contributed by atoms with Gasteiger partial charge in [0.05, 0.1) is 6.10 Å². The number of aliphatic hydroxyl groups is 1. The van der Waals surface area contributed by atoms with Gasteiger partial charge in [-0.15, -0.1) is 0 Å². The zero-order valence-corrected chi connectivity index (χ0v) is 9.29. The Kier molecular flexibility index (Phi) is 3.27. The van der Waals surface area contributed by atoms with Crippen LogP contribution in [0.1, 0.15) is 30.9 Å². The smallest absolute Gasteiger partial charge is 0.0552 e. The predicted molar refractivity (Wildman–Crippen MR) is 63.3 cm³/mol. The van der Waals surface area contributed by atoms with Gasteiger partial charge in [-0.25, -0.2) is 0 Å². The van der Waals surface area contributed by atoms with Crippen LogP contribution < -0.4 is 5.32 Å². The first-order valence-electron chi connectivity index (χ1n) is 5.80. The molecule has 1 heterocycles. The van der Waals surface area contributed by atoms with E-state index >= 15 is 0 Å². The molecule has 15 heavy (non-hydrogen) atoms. The van der Waals surface area contributed by atoms with Crippen molar-refractivity contribution in [2.24, 2.45) is 0 Å². The van der Waals surface area contributed by atoms with E-state index in [1.807, 2.05) is 6.92 Å². The predicted octanol–water partition coefficient (Wildman–Crippen LogP) is 2.36. The van der Waals surface area contributed by atoms with E-state index in [1.165, 1.54) is 29.7 Å². The minimum absolute atomic E-state index is 0.250. The quantitative estimate of drug-likeness (QED) is 0.777. The molecular formula is C13H19NO. The molecule has 0 saturated carbocycles. The Morgan fingerprint density at radius 2 is 2.27 bits per heavy atom. The van der Waals surface area contributed by atoms with Crippen LogP contribution in [0.4, 0.5) is 5.69 Å². The van der Waals surface area contributed by atoms with Crippen molar-refractivity contribution in [1.29, 1.82) is 0 Å². The fourth-order valence-electron chi connectivity index (χ4n) is 2.25. The maximum Gasteiger partial charge on any atom is 0.0552 e. The third-order valence-corrected chi connectivity index (χ3v) is 2.96. The van der Waals surface area contributed by atoms with Gasteiger partial charge in [-0.3, -0.25) is 0 Å². The van der Waals surface area contributed by atoms with Crippen LogP contribution >= 0.6 is 0 Å². The molecule has 1 aliphatic rings. The number of hydrogen-bond acceptors (Lipinski definition) is 2. The number of benzene rings is 1. The highest BCUT2D eigenvalue weighted by atomic mass is 16.3. The molecule has 2 N–H and O–H groups in total. The third kappa shape index (κ3) is 2.51. The SMILES string of the molecule is CC(O)Cc1cccc2c1CCCCN2. The summed E-state index contributed by atoms with van der Waals surface area (Å²) in [6.45, 7) is 2.93. The van der Waals surface area contributed by atoms with Crippen molar-refractivity contribution >= 4 is 5.69 Å². The van der Waals surface area contributed by atoms with Crippen LogP contribution in [-0.4, -0.2) is 17.8 Å². The summed E-state index contributed by atoms with van der Waals surface area (Å²) in [4.78, 5) is 0. The zero-order valence-electron chi connectivity index (χ0n) is 9.29. The number of hydrogen-bond donors (Lipinski definition) is 2. The molecule has 1 unspecified atom stereocenters. The summed E-state index contributed by atoms with van der Waals surface area (Å²) in [5.41, 5.74) is 3.98. The molecule has 1 atom stereocenters. The zero-order chi connectivity index (χ0) is 10.7. The fraction of sp³-hybridized carbons (Fsp3) is 0.538. The monoisotopic (exact) mass is 205 g/mol. The molecule has 2 heteroatoms. The van der Waals surface area contributed by atoms with Crippen LogP contribution in [0.3, 0.4) is 0 Å². The first kappa shape index (κ1) is 10.5. The fourth-order valence-corrected chi connectivity index (χ4v) is 2.25. The minimum Gasteiger partial charge on any atom is -0.393 e. The Morgan fingerprint density at radius 1 is 1.40 bits per heavy atom. The van der Waals surface area contributed by atoms with E-state index < -0.39 is 0 Å². The normalized spacial score (nSPS) is 17.5. The topological polar surface area (TPSA) is 32.3 Å². The van der Waals surface area contributed by atoms with Crippen molar-refractivity contribution < 1.29 is 5.11 Å². The second-order valence-corrected chi connectivity index (χ2v) is 4.38. The van der Waals surface area contributed by atoms with Gasteiger partial charge in [0, 0.05) is 12.2 Å². The van der Waals surface area contributed by atoms with Crippen LogP contribution in [0.15, 0.2) is 18.2 Å². The Balaban J connectivity index is 2.30. The van der Waals surface area contributed by atoms with Crippen molar-refractivity contribution in [2.45, 2.75) is 38.7 Å². The average molecular weight is 205 g/mol.